The minimum absolute atomic E-state index is 0.585. The van der Waals surface area contributed by atoms with E-state index in [0.29, 0.717) is 6.04 Å². The van der Waals surface area contributed by atoms with Crippen LogP contribution in [0.5, 0.6) is 0 Å². The van der Waals surface area contributed by atoms with Crippen LogP contribution in [0.25, 0.3) is 0 Å². The van der Waals surface area contributed by atoms with Crippen molar-refractivity contribution < 1.29 is 4.74 Å². The van der Waals surface area contributed by atoms with Crippen LogP contribution in [-0.2, 0) is 4.74 Å². The van der Waals surface area contributed by atoms with Crippen LogP contribution in [0.2, 0.25) is 0 Å². The van der Waals surface area contributed by atoms with Gasteiger partial charge in [0.05, 0.1) is 0 Å². The Morgan fingerprint density at radius 1 is 1.18 bits per heavy atom. The van der Waals surface area contributed by atoms with Crippen LogP contribution in [0.4, 0.5) is 0 Å². The van der Waals surface area contributed by atoms with Crippen LogP contribution in [0, 0.1) is 0 Å². The highest BCUT2D eigenvalue weighted by Gasteiger charge is 2.08. The molecule has 1 atom stereocenters. The molecule has 0 aliphatic rings. The smallest absolute Gasteiger partial charge is 0.0477 e. The maximum absolute atomic E-state index is 5.30. The van der Waals surface area contributed by atoms with E-state index < -0.39 is 0 Å². The molecule has 0 aromatic heterocycles. The zero-order valence-corrected chi connectivity index (χ0v) is 12.3. The van der Waals surface area contributed by atoms with E-state index in [9.17, 15) is 0 Å². The lowest BCUT2D eigenvalue weighted by Gasteiger charge is -2.26. The first kappa shape index (κ1) is 16.8. The molecule has 0 saturated carbocycles. The van der Waals surface area contributed by atoms with Gasteiger partial charge in [-0.2, -0.15) is 0 Å². The zero-order valence-electron chi connectivity index (χ0n) is 12.3. The second kappa shape index (κ2) is 11.0. The normalized spacial score (nSPS) is 13.6. The Bertz CT molecular complexity index is 165. The van der Waals surface area contributed by atoms with E-state index in [1.165, 1.54) is 0 Å². The highest BCUT2D eigenvalue weighted by Crippen LogP contribution is 1.94. The molecular formula is C13H31N3O. The van der Waals surface area contributed by atoms with Gasteiger partial charge in [-0.3, -0.25) is 0 Å². The Kier molecular flexibility index (Phi) is 10.9. The van der Waals surface area contributed by atoms with E-state index in [0.717, 1.165) is 45.8 Å². The Morgan fingerprint density at radius 3 is 2.47 bits per heavy atom. The van der Waals surface area contributed by atoms with E-state index in [4.69, 9.17) is 4.74 Å². The molecule has 1 N–H and O–H groups in total. The first-order chi connectivity index (χ1) is 8.07. The lowest BCUT2D eigenvalue weighted by Crippen LogP contribution is -2.41. The molecule has 17 heavy (non-hydrogen) atoms. The fraction of sp³-hybridized carbons (Fsp3) is 1.00. The van der Waals surface area contributed by atoms with Crippen molar-refractivity contribution in [1.29, 1.82) is 0 Å². The van der Waals surface area contributed by atoms with Crippen molar-refractivity contribution in [3.63, 3.8) is 0 Å². The van der Waals surface area contributed by atoms with Gasteiger partial charge in [-0.15, -0.1) is 0 Å². The molecule has 1 unspecified atom stereocenters. The van der Waals surface area contributed by atoms with E-state index >= 15 is 0 Å². The largest absolute Gasteiger partial charge is 0.382 e. The number of nitrogens with one attached hydrogen (secondary N) is 1. The van der Waals surface area contributed by atoms with Crippen molar-refractivity contribution in [2.45, 2.75) is 26.3 Å². The highest BCUT2D eigenvalue weighted by molar-refractivity contribution is 4.67. The maximum atomic E-state index is 5.30. The van der Waals surface area contributed by atoms with Crippen molar-refractivity contribution in [2.75, 3.05) is 60.5 Å². The number of likely N-dealkylation sites (N-methyl/N-ethyl adjacent to an activating group) is 2. The second-order valence-electron chi connectivity index (χ2n) is 4.89. The molecular weight excluding hydrogens is 214 g/mol. The van der Waals surface area contributed by atoms with E-state index in [1.807, 2.05) is 6.92 Å². The van der Waals surface area contributed by atoms with Crippen molar-refractivity contribution in [2.24, 2.45) is 0 Å². The quantitative estimate of drug-likeness (QED) is 0.547. The van der Waals surface area contributed by atoms with Crippen molar-refractivity contribution in [1.82, 2.24) is 15.1 Å². The molecule has 0 amide bonds. The van der Waals surface area contributed by atoms with Crippen molar-refractivity contribution in [3.8, 4) is 0 Å². The average molecular weight is 245 g/mol. The predicted molar refractivity (Wildman–Crippen MR) is 74.6 cm³/mol. The summed E-state index contributed by atoms with van der Waals surface area (Å²) in [5.74, 6) is 0. The van der Waals surface area contributed by atoms with Gasteiger partial charge in [0, 0.05) is 38.9 Å². The van der Waals surface area contributed by atoms with Crippen LogP contribution in [0.15, 0.2) is 0 Å². The predicted octanol–water partition coefficient (Wildman–Crippen LogP) is 0.885. The average Bonchev–Trinajstić information content (AvgIpc) is 2.30. The summed E-state index contributed by atoms with van der Waals surface area (Å²) in [5.41, 5.74) is 0. The fourth-order valence-corrected chi connectivity index (χ4v) is 1.49. The summed E-state index contributed by atoms with van der Waals surface area (Å²) in [4.78, 5) is 4.62. The van der Waals surface area contributed by atoms with Crippen molar-refractivity contribution >= 4 is 0 Å². The summed E-state index contributed by atoms with van der Waals surface area (Å²) in [6.07, 6.45) is 1.10. The van der Waals surface area contributed by atoms with E-state index in [2.05, 4.69) is 43.2 Å². The molecule has 0 heterocycles. The van der Waals surface area contributed by atoms with Crippen LogP contribution in [0.3, 0.4) is 0 Å². The topological polar surface area (TPSA) is 27.7 Å². The molecule has 0 fully saturated rings. The molecule has 4 nitrogen and oxygen atoms in total. The van der Waals surface area contributed by atoms with Crippen molar-refractivity contribution in [3.05, 3.63) is 0 Å². The van der Waals surface area contributed by atoms with E-state index in [-0.39, 0.29) is 0 Å². The number of rotatable bonds is 11. The summed E-state index contributed by atoms with van der Waals surface area (Å²) in [6.45, 7) is 10.3. The van der Waals surface area contributed by atoms with E-state index in [1.54, 1.807) is 0 Å². The third-order valence-electron chi connectivity index (χ3n) is 2.94. The molecule has 0 spiro atoms. The molecule has 0 rings (SSSR count). The summed E-state index contributed by atoms with van der Waals surface area (Å²) in [5, 5.41) is 3.48. The highest BCUT2D eigenvalue weighted by atomic mass is 16.5. The molecule has 4 heteroatoms. The van der Waals surface area contributed by atoms with Gasteiger partial charge in [-0.1, -0.05) is 0 Å². The number of ether oxygens (including phenoxy) is 1. The molecule has 0 aromatic carbocycles. The van der Waals surface area contributed by atoms with Gasteiger partial charge >= 0.3 is 0 Å². The molecule has 104 valence electrons. The van der Waals surface area contributed by atoms with Crippen LogP contribution < -0.4 is 5.32 Å². The maximum Gasteiger partial charge on any atom is 0.0477 e. The third-order valence-corrected chi connectivity index (χ3v) is 2.94. The van der Waals surface area contributed by atoms with Gasteiger partial charge in [0.15, 0.2) is 0 Å². The summed E-state index contributed by atoms with van der Waals surface area (Å²) < 4.78 is 5.30. The standard InChI is InChI=1S/C13H31N3O/c1-6-17-11-7-8-14-12-13(2)16(5)10-9-15(3)4/h13-14H,6-12H2,1-5H3. The molecule has 0 aliphatic carbocycles. The van der Waals surface area contributed by atoms with Crippen LogP contribution in [0.1, 0.15) is 20.3 Å². The lowest BCUT2D eigenvalue weighted by molar-refractivity contribution is 0.144. The van der Waals surface area contributed by atoms with Gasteiger partial charge < -0.3 is 19.9 Å². The minimum Gasteiger partial charge on any atom is -0.382 e. The monoisotopic (exact) mass is 245 g/mol. The van der Waals surface area contributed by atoms with Crippen LogP contribution >= 0.6 is 0 Å². The van der Waals surface area contributed by atoms with Gasteiger partial charge in [0.1, 0.15) is 0 Å². The molecule has 0 aliphatic heterocycles. The van der Waals surface area contributed by atoms with Gasteiger partial charge in [-0.05, 0) is 48.0 Å². The summed E-state index contributed by atoms with van der Waals surface area (Å²) in [6, 6.07) is 0.585. The molecule has 0 aromatic rings. The lowest BCUT2D eigenvalue weighted by atomic mass is 10.3. The van der Waals surface area contributed by atoms with Gasteiger partial charge in [0.2, 0.25) is 0 Å². The first-order valence-corrected chi connectivity index (χ1v) is 6.71. The first-order valence-electron chi connectivity index (χ1n) is 6.71. The zero-order chi connectivity index (χ0) is 13.1. The minimum atomic E-state index is 0.585. The Hall–Kier alpha value is -0.160. The Morgan fingerprint density at radius 2 is 1.88 bits per heavy atom. The number of hydrogen-bond donors (Lipinski definition) is 1. The second-order valence-corrected chi connectivity index (χ2v) is 4.89. The molecule has 0 bridgehead atoms. The number of hydrogen-bond acceptors (Lipinski definition) is 4. The Labute approximate surface area is 107 Å². The third kappa shape index (κ3) is 10.7. The molecule has 0 radical (unpaired) electrons. The number of nitrogens with zero attached hydrogens (tertiary/aromatic N) is 2. The van der Waals surface area contributed by atoms with Gasteiger partial charge in [0.25, 0.3) is 0 Å². The summed E-state index contributed by atoms with van der Waals surface area (Å²) in [7, 11) is 6.42. The SMILES string of the molecule is CCOCCCNCC(C)N(C)CCN(C)C. The summed E-state index contributed by atoms with van der Waals surface area (Å²) >= 11 is 0. The van der Waals surface area contributed by atoms with Gasteiger partial charge in [-0.25, -0.2) is 0 Å². The Balaban J connectivity index is 3.40. The fourth-order valence-electron chi connectivity index (χ4n) is 1.49. The molecule has 0 saturated heterocycles. The van der Waals surface area contributed by atoms with Crippen LogP contribution in [-0.4, -0.2) is 76.4 Å².